The van der Waals surface area contributed by atoms with Crippen molar-refractivity contribution in [2.75, 3.05) is 19.0 Å². The van der Waals surface area contributed by atoms with Crippen LogP contribution in [0.4, 0.5) is 5.82 Å². The van der Waals surface area contributed by atoms with Gasteiger partial charge in [0.15, 0.2) is 0 Å². The molecule has 0 amide bonds. The van der Waals surface area contributed by atoms with Gasteiger partial charge in [0.25, 0.3) is 0 Å². The number of benzene rings is 1. The largest absolute Gasteiger partial charge is 0.472 e. The number of ether oxygens (including phenoxy) is 1. The molecule has 3 aromatic rings. The summed E-state index contributed by atoms with van der Waals surface area (Å²) in [5, 5.41) is 0. The first-order chi connectivity index (χ1) is 11.1. The van der Waals surface area contributed by atoms with E-state index in [9.17, 15) is 0 Å². The topological polar surface area (TPSA) is 43.2 Å². The Bertz CT molecular complexity index is 882. The van der Waals surface area contributed by atoms with Gasteiger partial charge < -0.3 is 14.2 Å². The minimum Gasteiger partial charge on any atom is -0.472 e. The molecule has 0 atom stereocenters. The Hall–Kier alpha value is -2.82. The Morgan fingerprint density at radius 1 is 1.13 bits per heavy atom. The fraction of sp³-hybridized carbons (Fsp3) is 0.222. The third-order valence-corrected chi connectivity index (χ3v) is 4.06. The molecule has 0 saturated carbocycles. The first-order valence-corrected chi connectivity index (χ1v) is 7.57. The van der Waals surface area contributed by atoms with Crippen LogP contribution in [0, 0.1) is 6.92 Å². The molecule has 0 saturated heterocycles. The summed E-state index contributed by atoms with van der Waals surface area (Å²) in [6.07, 6.45) is 3.85. The Morgan fingerprint density at radius 3 is 2.70 bits per heavy atom. The molecule has 1 aliphatic heterocycles. The van der Waals surface area contributed by atoms with Crippen LogP contribution in [0.2, 0.25) is 0 Å². The molecule has 0 aliphatic carbocycles. The summed E-state index contributed by atoms with van der Waals surface area (Å²) in [5.74, 6) is 1.60. The van der Waals surface area contributed by atoms with Crippen molar-refractivity contribution in [1.82, 2.24) is 14.5 Å². The van der Waals surface area contributed by atoms with Crippen molar-refractivity contribution in [3.05, 3.63) is 54.1 Å². The zero-order valence-corrected chi connectivity index (χ0v) is 13.4. The maximum absolute atomic E-state index is 5.87. The van der Waals surface area contributed by atoms with Gasteiger partial charge in [-0.25, -0.2) is 4.98 Å². The summed E-state index contributed by atoms with van der Waals surface area (Å²) in [4.78, 5) is 10.8. The van der Waals surface area contributed by atoms with Crippen molar-refractivity contribution in [1.29, 1.82) is 0 Å². The molecule has 5 nitrogen and oxygen atoms in total. The minimum absolute atomic E-state index is 0.535. The average molecular weight is 306 g/mol. The monoisotopic (exact) mass is 306 g/mol. The third-order valence-electron chi connectivity index (χ3n) is 4.06. The number of aromatic nitrogens is 3. The smallest absolute Gasteiger partial charge is 0.223 e. The first kappa shape index (κ1) is 13.8. The third kappa shape index (κ3) is 2.34. The van der Waals surface area contributed by atoms with Crippen LogP contribution in [-0.4, -0.2) is 28.6 Å². The van der Waals surface area contributed by atoms with Crippen molar-refractivity contribution < 1.29 is 4.74 Å². The van der Waals surface area contributed by atoms with Crippen LogP contribution in [0.15, 0.2) is 42.9 Å². The molecule has 23 heavy (non-hydrogen) atoms. The number of imidazole rings is 1. The second kappa shape index (κ2) is 5.12. The Balaban J connectivity index is 1.77. The Kier molecular flexibility index (Phi) is 3.08. The van der Waals surface area contributed by atoms with Crippen LogP contribution in [0.1, 0.15) is 11.3 Å². The summed E-state index contributed by atoms with van der Waals surface area (Å²) < 4.78 is 7.90. The summed E-state index contributed by atoms with van der Waals surface area (Å²) in [6.45, 7) is 2.52. The lowest BCUT2D eigenvalue weighted by atomic mass is 9.98. The fourth-order valence-electron chi connectivity index (χ4n) is 2.83. The van der Waals surface area contributed by atoms with Crippen LogP contribution >= 0.6 is 0 Å². The highest BCUT2D eigenvalue weighted by Gasteiger charge is 2.20. The highest BCUT2D eigenvalue weighted by Crippen LogP contribution is 2.38. The van der Waals surface area contributed by atoms with E-state index in [1.54, 1.807) is 0 Å². The van der Waals surface area contributed by atoms with E-state index in [0.717, 1.165) is 22.8 Å². The molecular weight excluding hydrogens is 288 g/mol. The normalized spacial score (nSPS) is 12.3. The average Bonchev–Trinajstić information content (AvgIpc) is 3.00. The number of anilines is 1. The molecule has 1 aliphatic rings. The molecule has 0 N–H and O–H groups in total. The molecule has 5 heteroatoms. The van der Waals surface area contributed by atoms with Crippen molar-refractivity contribution in [3.63, 3.8) is 0 Å². The molecule has 116 valence electrons. The van der Waals surface area contributed by atoms with Crippen LogP contribution in [0.5, 0.6) is 5.88 Å². The van der Waals surface area contributed by atoms with Gasteiger partial charge in [-0.05, 0) is 42.3 Å². The second-order valence-electron chi connectivity index (χ2n) is 5.97. The van der Waals surface area contributed by atoms with Crippen molar-refractivity contribution in [2.24, 2.45) is 0 Å². The summed E-state index contributed by atoms with van der Waals surface area (Å²) in [7, 11) is 3.95. The second-order valence-corrected chi connectivity index (χ2v) is 5.97. The van der Waals surface area contributed by atoms with Crippen LogP contribution in [0.25, 0.3) is 16.8 Å². The molecule has 0 spiro atoms. The van der Waals surface area contributed by atoms with Gasteiger partial charge in [-0.15, -0.1) is 0 Å². The van der Waals surface area contributed by atoms with Gasteiger partial charge in [0.1, 0.15) is 12.4 Å². The number of aryl methyl sites for hydroxylation is 1. The number of rotatable bonds is 2. The summed E-state index contributed by atoms with van der Waals surface area (Å²) in [5.41, 5.74) is 5.50. The van der Waals surface area contributed by atoms with Gasteiger partial charge in [0, 0.05) is 31.5 Å². The van der Waals surface area contributed by atoms with Crippen LogP contribution in [-0.2, 0) is 6.61 Å². The van der Waals surface area contributed by atoms with E-state index in [0.29, 0.717) is 12.5 Å². The fourth-order valence-corrected chi connectivity index (χ4v) is 2.83. The first-order valence-electron chi connectivity index (χ1n) is 7.57. The van der Waals surface area contributed by atoms with Crippen molar-refractivity contribution in [3.8, 4) is 22.7 Å². The van der Waals surface area contributed by atoms with E-state index < -0.39 is 0 Å². The molecule has 0 fully saturated rings. The molecule has 0 bridgehead atoms. The lowest BCUT2D eigenvalue weighted by molar-refractivity contribution is 0.290. The van der Waals surface area contributed by atoms with E-state index in [1.807, 2.05) is 49.1 Å². The van der Waals surface area contributed by atoms with Gasteiger partial charge in [-0.3, -0.25) is 0 Å². The highest BCUT2D eigenvalue weighted by molar-refractivity contribution is 5.75. The van der Waals surface area contributed by atoms with Crippen molar-refractivity contribution >= 4 is 5.82 Å². The molecule has 0 radical (unpaired) electrons. The number of nitrogens with zero attached hydrogens (tertiary/aromatic N) is 4. The maximum atomic E-state index is 5.87. The zero-order chi connectivity index (χ0) is 16.0. The van der Waals surface area contributed by atoms with E-state index in [1.165, 1.54) is 11.1 Å². The van der Waals surface area contributed by atoms with Gasteiger partial charge in [0.05, 0.1) is 12.0 Å². The van der Waals surface area contributed by atoms with E-state index >= 15 is 0 Å². The highest BCUT2D eigenvalue weighted by atomic mass is 16.5. The van der Waals surface area contributed by atoms with E-state index in [2.05, 4.69) is 34.2 Å². The molecule has 2 aromatic heterocycles. The maximum Gasteiger partial charge on any atom is 0.223 e. The van der Waals surface area contributed by atoms with Crippen LogP contribution < -0.4 is 9.64 Å². The van der Waals surface area contributed by atoms with Gasteiger partial charge in [0.2, 0.25) is 5.88 Å². The number of hydrogen-bond acceptors (Lipinski definition) is 4. The quantitative estimate of drug-likeness (QED) is 0.729. The molecule has 1 aromatic carbocycles. The Labute approximate surface area is 135 Å². The van der Waals surface area contributed by atoms with Crippen molar-refractivity contribution in [2.45, 2.75) is 13.5 Å². The lowest BCUT2D eigenvalue weighted by Gasteiger charge is -2.22. The predicted molar refractivity (Wildman–Crippen MR) is 90.2 cm³/mol. The van der Waals surface area contributed by atoms with Gasteiger partial charge >= 0.3 is 0 Å². The Morgan fingerprint density at radius 2 is 1.96 bits per heavy atom. The van der Waals surface area contributed by atoms with E-state index in [-0.39, 0.29) is 0 Å². The molecular formula is C18H18N4O. The predicted octanol–water partition coefficient (Wildman–Crippen LogP) is 3.20. The molecule has 0 unspecified atom stereocenters. The number of pyridine rings is 1. The number of hydrogen-bond donors (Lipinski definition) is 0. The molecule has 3 heterocycles. The standard InChI is InChI=1S/C18H18N4O/c1-12-9-22(11-19-12)14-4-5-15-13(8-14)10-23-18-16(15)6-7-17(20-18)21(2)3/h4-9,11H,10H2,1-3H3. The summed E-state index contributed by atoms with van der Waals surface area (Å²) >= 11 is 0. The SMILES string of the molecule is Cc1cn(-c2ccc3c(c2)COc2nc(N(C)C)ccc2-3)cn1. The lowest BCUT2D eigenvalue weighted by Crippen LogP contribution is -2.13. The van der Waals surface area contributed by atoms with Crippen LogP contribution in [0.3, 0.4) is 0 Å². The van der Waals surface area contributed by atoms with E-state index in [4.69, 9.17) is 4.74 Å². The minimum atomic E-state index is 0.535. The molecule has 4 rings (SSSR count). The zero-order valence-electron chi connectivity index (χ0n) is 13.4. The van der Waals surface area contributed by atoms with Gasteiger partial charge in [-0.1, -0.05) is 6.07 Å². The number of fused-ring (bicyclic) bond motifs is 3. The van der Waals surface area contributed by atoms with Gasteiger partial charge in [-0.2, -0.15) is 4.98 Å². The summed E-state index contributed by atoms with van der Waals surface area (Å²) in [6, 6.07) is 10.5.